The maximum absolute atomic E-state index is 13.0. The van der Waals surface area contributed by atoms with Crippen LogP contribution in [0.4, 0.5) is 18.9 Å². The third-order valence-electron chi connectivity index (χ3n) is 3.67. The molecule has 2 amide bonds. The molecule has 1 aromatic carbocycles. The zero-order chi connectivity index (χ0) is 21.6. The van der Waals surface area contributed by atoms with Crippen LogP contribution >= 0.6 is 11.8 Å². The van der Waals surface area contributed by atoms with Crippen LogP contribution in [0.5, 0.6) is 0 Å². The maximum Gasteiger partial charge on any atom is 0.418 e. The summed E-state index contributed by atoms with van der Waals surface area (Å²) in [6, 6.07) is 4.66. The first-order chi connectivity index (χ1) is 13.6. The van der Waals surface area contributed by atoms with Gasteiger partial charge in [0.2, 0.25) is 17.0 Å². The average molecular weight is 430 g/mol. The summed E-state index contributed by atoms with van der Waals surface area (Å²) >= 11 is 1.12. The molecule has 1 aromatic heterocycles. The third-order valence-corrected chi connectivity index (χ3v) is 4.62. The first-order valence-corrected chi connectivity index (χ1v) is 9.65. The van der Waals surface area contributed by atoms with Crippen LogP contribution in [0.2, 0.25) is 0 Å². The summed E-state index contributed by atoms with van der Waals surface area (Å²) in [6.45, 7) is 4.22. The van der Waals surface area contributed by atoms with E-state index in [9.17, 15) is 22.8 Å². The minimum absolute atomic E-state index is 0.0125. The second-order valence-electron chi connectivity index (χ2n) is 6.67. The van der Waals surface area contributed by atoms with E-state index in [0.717, 1.165) is 28.8 Å². The van der Waals surface area contributed by atoms with E-state index in [0.29, 0.717) is 17.6 Å². The summed E-state index contributed by atoms with van der Waals surface area (Å²) < 4.78 is 40.6. The number of carbonyl (C=O) groups excluding carboxylic acids is 2. The number of thioether (sulfide) groups is 1. The first kappa shape index (κ1) is 22.7. The smallest absolute Gasteiger partial charge is 0.336 e. The summed E-state index contributed by atoms with van der Waals surface area (Å²) in [5.41, 5.74) is -1.30. The Labute approximate surface area is 169 Å². The number of nitrogens with one attached hydrogen (secondary N) is 1. The van der Waals surface area contributed by atoms with Crippen LogP contribution in [0.25, 0.3) is 0 Å². The quantitative estimate of drug-likeness (QED) is 0.647. The number of nitrogens with zero attached hydrogens (tertiary/aromatic N) is 5. The molecule has 0 atom stereocenters. The van der Waals surface area contributed by atoms with Gasteiger partial charge in [-0.1, -0.05) is 37.7 Å². The Morgan fingerprint density at radius 3 is 2.62 bits per heavy atom. The topological polar surface area (TPSA) is 93.0 Å². The molecule has 0 saturated carbocycles. The van der Waals surface area contributed by atoms with Crippen molar-refractivity contribution in [3.63, 3.8) is 0 Å². The van der Waals surface area contributed by atoms with Gasteiger partial charge in [0.1, 0.15) is 0 Å². The standard InChI is InChI=1S/C17H21F3N6O2S/c1-11(2)8-26-16(22-23-24-26)29-10-15(28)25(3)9-14(27)21-13-7-5-4-6-12(13)17(18,19)20/h4-7,11H,8-10H2,1-3H3,(H,21,27). The predicted octanol–water partition coefficient (Wildman–Crippen LogP) is 2.54. The van der Waals surface area contributed by atoms with Gasteiger partial charge in [-0.15, -0.1) is 5.10 Å². The van der Waals surface area contributed by atoms with Crippen LogP contribution in [0.3, 0.4) is 0 Å². The van der Waals surface area contributed by atoms with E-state index >= 15 is 0 Å². The van der Waals surface area contributed by atoms with Gasteiger partial charge in [0.05, 0.1) is 23.5 Å². The van der Waals surface area contributed by atoms with Crippen LogP contribution in [-0.2, 0) is 22.3 Å². The second kappa shape index (κ2) is 9.72. The number of hydrogen-bond donors (Lipinski definition) is 1. The van der Waals surface area contributed by atoms with E-state index in [1.165, 1.54) is 19.2 Å². The number of amides is 2. The summed E-state index contributed by atoms with van der Waals surface area (Å²) in [5, 5.41) is 14.0. The largest absolute Gasteiger partial charge is 0.418 e. The van der Waals surface area contributed by atoms with Crippen LogP contribution in [0.1, 0.15) is 19.4 Å². The fourth-order valence-electron chi connectivity index (χ4n) is 2.33. The van der Waals surface area contributed by atoms with Crippen molar-refractivity contribution in [1.29, 1.82) is 0 Å². The molecule has 158 valence electrons. The van der Waals surface area contributed by atoms with Crippen LogP contribution in [-0.4, -0.2) is 56.3 Å². The molecule has 2 aromatic rings. The molecule has 29 heavy (non-hydrogen) atoms. The lowest BCUT2D eigenvalue weighted by Crippen LogP contribution is -2.36. The monoisotopic (exact) mass is 430 g/mol. The zero-order valence-electron chi connectivity index (χ0n) is 16.1. The lowest BCUT2D eigenvalue weighted by molar-refractivity contribution is -0.137. The highest BCUT2D eigenvalue weighted by Crippen LogP contribution is 2.34. The number of aromatic nitrogens is 4. The number of para-hydroxylation sites is 1. The van der Waals surface area contributed by atoms with E-state index in [1.807, 2.05) is 13.8 Å². The number of alkyl halides is 3. The van der Waals surface area contributed by atoms with Crippen molar-refractivity contribution in [3.05, 3.63) is 29.8 Å². The Morgan fingerprint density at radius 1 is 1.28 bits per heavy atom. The predicted molar refractivity (Wildman–Crippen MR) is 101 cm³/mol. The molecule has 12 heteroatoms. The Balaban J connectivity index is 1.90. The van der Waals surface area contributed by atoms with Gasteiger partial charge < -0.3 is 10.2 Å². The van der Waals surface area contributed by atoms with Crippen molar-refractivity contribution in [2.24, 2.45) is 5.92 Å². The fraction of sp³-hybridized carbons (Fsp3) is 0.471. The number of tetrazole rings is 1. The Morgan fingerprint density at radius 2 is 1.97 bits per heavy atom. The first-order valence-electron chi connectivity index (χ1n) is 8.67. The Hall–Kier alpha value is -2.63. The second-order valence-corrected chi connectivity index (χ2v) is 7.61. The molecule has 2 rings (SSSR count). The molecule has 0 spiro atoms. The Bertz CT molecular complexity index is 856. The van der Waals surface area contributed by atoms with Gasteiger partial charge in [-0.3, -0.25) is 9.59 Å². The summed E-state index contributed by atoms with van der Waals surface area (Å²) in [7, 11) is 1.40. The molecule has 0 fully saturated rings. The number of benzene rings is 1. The molecular formula is C17H21F3N6O2S. The average Bonchev–Trinajstić information content (AvgIpc) is 3.05. The van der Waals surface area contributed by atoms with Gasteiger partial charge in [-0.05, 0) is 28.5 Å². The molecule has 0 radical (unpaired) electrons. The summed E-state index contributed by atoms with van der Waals surface area (Å²) in [4.78, 5) is 25.5. The molecule has 1 N–H and O–H groups in total. The van der Waals surface area contributed by atoms with Crippen molar-refractivity contribution >= 4 is 29.3 Å². The fourth-order valence-corrected chi connectivity index (χ4v) is 3.16. The summed E-state index contributed by atoms with van der Waals surface area (Å²) in [6.07, 6.45) is -4.60. The van der Waals surface area contributed by atoms with Crippen LogP contribution in [0.15, 0.2) is 29.4 Å². The van der Waals surface area contributed by atoms with Crippen molar-refractivity contribution in [3.8, 4) is 0 Å². The molecule has 1 heterocycles. The molecule has 0 saturated heterocycles. The number of carbonyl (C=O) groups is 2. The number of likely N-dealkylation sites (N-methyl/N-ethyl adjacent to an activating group) is 1. The third kappa shape index (κ3) is 6.73. The molecule has 0 bridgehead atoms. The SMILES string of the molecule is CC(C)Cn1nnnc1SCC(=O)N(C)CC(=O)Nc1ccccc1C(F)(F)F. The molecule has 8 nitrogen and oxygen atoms in total. The molecule has 0 unspecified atom stereocenters. The highest BCUT2D eigenvalue weighted by atomic mass is 32.2. The number of anilines is 1. The normalized spacial score (nSPS) is 11.6. The van der Waals surface area contributed by atoms with Crippen LogP contribution < -0.4 is 5.32 Å². The van der Waals surface area contributed by atoms with E-state index in [4.69, 9.17) is 0 Å². The van der Waals surface area contributed by atoms with Gasteiger partial charge in [0.15, 0.2) is 0 Å². The highest BCUT2D eigenvalue weighted by molar-refractivity contribution is 7.99. The minimum Gasteiger partial charge on any atom is -0.336 e. The maximum atomic E-state index is 13.0. The van der Waals surface area contributed by atoms with E-state index in [2.05, 4.69) is 20.8 Å². The zero-order valence-corrected chi connectivity index (χ0v) is 16.9. The number of rotatable bonds is 8. The lowest BCUT2D eigenvalue weighted by atomic mass is 10.1. The summed E-state index contributed by atoms with van der Waals surface area (Å²) in [5.74, 6) is -0.804. The molecule has 0 aliphatic heterocycles. The molecule has 0 aliphatic rings. The van der Waals surface area contributed by atoms with Crippen molar-refractivity contribution in [2.75, 3.05) is 24.7 Å². The van der Waals surface area contributed by atoms with E-state index < -0.39 is 17.6 Å². The van der Waals surface area contributed by atoms with Crippen molar-refractivity contribution in [2.45, 2.75) is 31.7 Å². The van der Waals surface area contributed by atoms with Gasteiger partial charge in [-0.25, -0.2) is 4.68 Å². The number of halogens is 3. The molecular weight excluding hydrogens is 409 g/mol. The minimum atomic E-state index is -4.60. The van der Waals surface area contributed by atoms with Gasteiger partial charge in [0.25, 0.3) is 0 Å². The van der Waals surface area contributed by atoms with Crippen molar-refractivity contribution in [1.82, 2.24) is 25.1 Å². The highest BCUT2D eigenvalue weighted by Gasteiger charge is 2.33. The van der Waals surface area contributed by atoms with Gasteiger partial charge >= 0.3 is 6.18 Å². The lowest BCUT2D eigenvalue weighted by Gasteiger charge is -2.18. The van der Waals surface area contributed by atoms with E-state index in [1.54, 1.807) is 4.68 Å². The number of hydrogen-bond acceptors (Lipinski definition) is 6. The van der Waals surface area contributed by atoms with E-state index in [-0.39, 0.29) is 23.9 Å². The van der Waals surface area contributed by atoms with Gasteiger partial charge in [0, 0.05) is 13.6 Å². The van der Waals surface area contributed by atoms with Gasteiger partial charge in [-0.2, -0.15) is 13.2 Å². The Kier molecular flexibility index (Phi) is 7.59. The van der Waals surface area contributed by atoms with Crippen molar-refractivity contribution < 1.29 is 22.8 Å². The van der Waals surface area contributed by atoms with Crippen LogP contribution in [0, 0.1) is 5.92 Å². The molecule has 0 aliphatic carbocycles.